The largest absolute Gasteiger partial charge is 0.366 e. The highest BCUT2D eigenvalue weighted by Crippen LogP contribution is 2.41. The normalized spacial score (nSPS) is 12.2. The van der Waals surface area contributed by atoms with Gasteiger partial charge < -0.3 is 16.8 Å². The van der Waals surface area contributed by atoms with E-state index in [-0.39, 0.29) is 38.3 Å². The van der Waals surface area contributed by atoms with E-state index in [2.05, 4.69) is 15.4 Å². The second kappa shape index (κ2) is 17.3. The van der Waals surface area contributed by atoms with Crippen molar-refractivity contribution in [2.75, 3.05) is 6.67 Å². The zero-order chi connectivity index (χ0) is 41.8. The van der Waals surface area contributed by atoms with E-state index in [0.29, 0.717) is 6.07 Å². The number of hydrogen-bond acceptors (Lipinski definition) is 5. The molecule has 0 bridgehead atoms. The zero-order valence-corrected chi connectivity index (χ0v) is 29.2. The molecule has 5 aromatic rings. The van der Waals surface area contributed by atoms with Crippen LogP contribution in [0.5, 0.6) is 0 Å². The molecule has 2 aromatic heterocycles. The van der Waals surface area contributed by atoms with Crippen LogP contribution in [-0.4, -0.2) is 39.2 Å². The van der Waals surface area contributed by atoms with E-state index >= 15 is 8.78 Å². The smallest absolute Gasteiger partial charge is 0.282 e. The topological polar surface area (TPSA) is 146 Å². The van der Waals surface area contributed by atoms with Crippen LogP contribution in [0.2, 0.25) is 0 Å². The maximum absolute atomic E-state index is 15.1. The average molecular weight is 809 g/mol. The minimum absolute atomic E-state index is 0.0216. The predicted molar refractivity (Wildman–Crippen MR) is 184 cm³/mol. The number of nitrogens with zero attached hydrogens (tertiary/aromatic N) is 3. The van der Waals surface area contributed by atoms with Crippen molar-refractivity contribution in [2.24, 2.45) is 11.5 Å². The number of nitrogens with one attached hydrogen (secondary N) is 1. The van der Waals surface area contributed by atoms with Crippen LogP contribution in [0.1, 0.15) is 74.2 Å². The summed E-state index contributed by atoms with van der Waals surface area (Å²) in [7, 11) is 0. The van der Waals surface area contributed by atoms with Crippen LogP contribution < -0.4 is 16.8 Å². The van der Waals surface area contributed by atoms with E-state index in [0.717, 1.165) is 36.4 Å². The molecule has 5 N–H and O–H groups in total. The molecule has 9 nitrogen and oxygen atoms in total. The number of nitrogens with two attached hydrogens (primary N) is 2. The summed E-state index contributed by atoms with van der Waals surface area (Å²) < 4.78 is 143. The third-order valence-corrected chi connectivity index (χ3v) is 8.72. The summed E-state index contributed by atoms with van der Waals surface area (Å²) in [5.41, 5.74) is 5.22. The Kier molecular flexibility index (Phi) is 12.7. The van der Waals surface area contributed by atoms with Gasteiger partial charge in [-0.25, -0.2) is 44.5 Å². The van der Waals surface area contributed by atoms with Gasteiger partial charge in [0.2, 0.25) is 5.91 Å². The summed E-state index contributed by atoms with van der Waals surface area (Å²) in [4.78, 5) is 42.3. The van der Waals surface area contributed by atoms with Crippen LogP contribution >= 0.6 is 0 Å². The Labute approximate surface area is 316 Å². The van der Waals surface area contributed by atoms with Crippen LogP contribution in [0.4, 0.5) is 43.9 Å². The zero-order valence-electron chi connectivity index (χ0n) is 29.2. The van der Waals surface area contributed by atoms with Crippen molar-refractivity contribution in [3.05, 3.63) is 129 Å². The molecular weight excluding hydrogens is 778 g/mol. The molecule has 19 heteroatoms. The van der Waals surface area contributed by atoms with Gasteiger partial charge in [-0.05, 0) is 72.5 Å². The number of carbonyl (C=O) groups is 3. The quantitative estimate of drug-likeness (QED) is 0.0875. The highest BCUT2D eigenvalue weighted by Gasteiger charge is 2.42. The molecule has 0 aliphatic carbocycles. The van der Waals surface area contributed by atoms with Gasteiger partial charge in [-0.1, -0.05) is 12.1 Å². The first-order chi connectivity index (χ1) is 26.9. The molecule has 0 aliphatic heterocycles. The fourth-order valence-corrected chi connectivity index (χ4v) is 6.21. The first-order valence-corrected chi connectivity index (χ1v) is 16.8. The summed E-state index contributed by atoms with van der Waals surface area (Å²) in [6, 6.07) is 9.80. The minimum Gasteiger partial charge on any atom is -0.366 e. The second-order valence-corrected chi connectivity index (χ2v) is 12.6. The highest BCUT2D eigenvalue weighted by molar-refractivity contribution is 5.95. The van der Waals surface area contributed by atoms with Crippen molar-refractivity contribution in [1.82, 2.24) is 20.1 Å². The molecule has 0 saturated heterocycles. The molecule has 0 spiro atoms. The lowest BCUT2D eigenvalue weighted by molar-refractivity contribution is -0.122. The molecule has 300 valence electrons. The lowest BCUT2D eigenvalue weighted by Crippen LogP contribution is -2.34. The molecule has 3 amide bonds. The third-order valence-electron chi connectivity index (χ3n) is 8.72. The van der Waals surface area contributed by atoms with Gasteiger partial charge in [0.1, 0.15) is 42.2 Å². The Hall–Kier alpha value is -6.27. The van der Waals surface area contributed by atoms with E-state index in [4.69, 9.17) is 11.5 Å². The van der Waals surface area contributed by atoms with Crippen molar-refractivity contribution < 1.29 is 58.3 Å². The molecule has 57 heavy (non-hydrogen) atoms. The van der Waals surface area contributed by atoms with Gasteiger partial charge in [-0.2, -0.15) is 5.10 Å². The summed E-state index contributed by atoms with van der Waals surface area (Å²) >= 11 is 0. The number of primary amides is 2. The Morgan fingerprint density at radius 3 is 1.95 bits per heavy atom. The summed E-state index contributed by atoms with van der Waals surface area (Å²) in [6.07, 6.45) is -6.23. The van der Waals surface area contributed by atoms with Crippen molar-refractivity contribution in [3.8, 4) is 22.4 Å². The number of amides is 3. The molecule has 0 saturated carbocycles. The molecule has 1 atom stereocenters. The molecule has 0 fully saturated rings. The Morgan fingerprint density at radius 1 is 0.789 bits per heavy atom. The summed E-state index contributed by atoms with van der Waals surface area (Å²) in [5.74, 6) is -11.8. The maximum atomic E-state index is 15.1. The van der Waals surface area contributed by atoms with Crippen LogP contribution in [-0.2, 0) is 30.4 Å². The third kappa shape index (κ3) is 9.41. The van der Waals surface area contributed by atoms with Crippen LogP contribution in [0, 0.1) is 23.3 Å². The number of hydrogen-bond donors (Lipinski definition) is 3. The Balaban J connectivity index is 1.69. The predicted octanol–water partition coefficient (Wildman–Crippen LogP) is 7.72. The average Bonchev–Trinajstić information content (AvgIpc) is 3.52. The minimum atomic E-state index is -4.18. The number of alkyl halides is 6. The van der Waals surface area contributed by atoms with E-state index in [1.807, 2.05) is 0 Å². The van der Waals surface area contributed by atoms with Crippen molar-refractivity contribution in [1.29, 1.82) is 0 Å². The van der Waals surface area contributed by atoms with Crippen LogP contribution in [0.3, 0.4) is 0 Å². The standard InChI is InChI=1S/C38H30F10N6O3/c39-9-1-8-38(47,48)32-30(16-40)54(53-34(32)35(45)46)17-31(55)51-29(12-18-10-21(41)15-22(42)11-18)33-23(19-2-5-26(43)24(13-19)36(49)56)4-7-28(52-33)20-3-6-27(44)25(14-20)37(50)57/h2-7,10-11,13-15,29,35H,1,8-9,12,16-17H2,(H2,49,56)(H2,50,57)(H,51,55)/t29-/m0/s1. The first kappa shape index (κ1) is 41.9. The van der Waals surface area contributed by atoms with Gasteiger partial charge >= 0.3 is 0 Å². The Bertz CT molecular complexity index is 2320. The summed E-state index contributed by atoms with van der Waals surface area (Å²) in [6.45, 7) is -4.21. The van der Waals surface area contributed by atoms with Gasteiger partial charge in [0, 0.05) is 23.6 Å². The fraction of sp³-hybridized carbons (Fsp3) is 0.237. The molecule has 0 aliphatic rings. The monoisotopic (exact) mass is 808 g/mol. The maximum Gasteiger partial charge on any atom is 0.282 e. The SMILES string of the molecule is NC(=O)c1cc(-c2ccc(-c3ccc(F)c(C(N)=O)c3)c([C@H](Cc3cc(F)cc(F)c3)NC(=O)Cn3nc(C(F)F)c(C(F)(F)CCCF)c3CF)n2)ccc1F. The highest BCUT2D eigenvalue weighted by atomic mass is 19.3. The van der Waals surface area contributed by atoms with Gasteiger partial charge in [0.15, 0.2) is 0 Å². The number of halogens is 10. The Morgan fingerprint density at radius 2 is 1.39 bits per heavy atom. The molecule has 0 radical (unpaired) electrons. The van der Waals surface area contributed by atoms with Crippen LogP contribution in [0.25, 0.3) is 22.4 Å². The van der Waals surface area contributed by atoms with Crippen molar-refractivity contribution in [2.45, 2.75) is 50.9 Å². The number of benzene rings is 3. The number of pyridine rings is 1. The lowest BCUT2D eigenvalue weighted by Gasteiger charge is -2.23. The number of aromatic nitrogens is 3. The van der Waals surface area contributed by atoms with Crippen molar-refractivity contribution >= 4 is 17.7 Å². The molecule has 5 rings (SSSR count). The van der Waals surface area contributed by atoms with E-state index < -0.39 is 127 Å². The fourth-order valence-electron chi connectivity index (χ4n) is 6.21. The molecular formula is C38H30F10N6O3. The van der Waals surface area contributed by atoms with E-state index in [1.165, 1.54) is 24.3 Å². The molecule has 0 unspecified atom stereocenters. The molecule has 2 heterocycles. The first-order valence-electron chi connectivity index (χ1n) is 16.8. The second-order valence-electron chi connectivity index (χ2n) is 12.6. The molecule has 3 aromatic carbocycles. The van der Waals surface area contributed by atoms with Gasteiger partial charge in [-0.3, -0.25) is 23.5 Å². The van der Waals surface area contributed by atoms with Gasteiger partial charge in [-0.15, -0.1) is 0 Å². The van der Waals surface area contributed by atoms with Gasteiger partial charge in [0.05, 0.1) is 46.5 Å². The summed E-state index contributed by atoms with van der Waals surface area (Å²) in [5, 5.41) is 5.87. The van der Waals surface area contributed by atoms with Gasteiger partial charge in [0.25, 0.3) is 24.2 Å². The van der Waals surface area contributed by atoms with E-state index in [1.54, 1.807) is 0 Å². The van der Waals surface area contributed by atoms with Crippen LogP contribution in [0.15, 0.2) is 66.7 Å². The number of carbonyl (C=O) groups excluding carboxylic acids is 3. The van der Waals surface area contributed by atoms with E-state index in [9.17, 15) is 49.5 Å². The number of rotatable bonds is 16. The lowest BCUT2D eigenvalue weighted by atomic mass is 9.93. The van der Waals surface area contributed by atoms with Crippen molar-refractivity contribution in [3.63, 3.8) is 0 Å².